The Hall–Kier alpha value is -0.940. The summed E-state index contributed by atoms with van der Waals surface area (Å²) in [5.74, 6) is -0.241. The molecule has 1 rings (SSSR count). The molecular formula is C8H5Cl2F2NO2. The topological polar surface area (TPSA) is 39.2 Å². The first-order valence-corrected chi connectivity index (χ1v) is 4.45. The van der Waals surface area contributed by atoms with Gasteiger partial charge < -0.3 is 4.74 Å². The molecule has 3 nitrogen and oxygen atoms in total. The fraction of sp³-hybridized carbons (Fsp3) is 0.250. The summed E-state index contributed by atoms with van der Waals surface area (Å²) in [5, 5.41) is -1.28. The fourth-order valence-corrected chi connectivity index (χ4v) is 1.40. The molecule has 0 aliphatic carbocycles. The van der Waals surface area contributed by atoms with Gasteiger partial charge >= 0.3 is 0 Å². The number of pyridine rings is 1. The first-order valence-electron chi connectivity index (χ1n) is 3.69. The minimum absolute atomic E-state index is 0.241. The van der Waals surface area contributed by atoms with Crippen molar-refractivity contribution in [3.8, 4) is 5.75 Å². The predicted molar refractivity (Wildman–Crippen MR) is 50.9 cm³/mol. The molecule has 7 heteroatoms. The van der Waals surface area contributed by atoms with Crippen LogP contribution in [0.4, 0.5) is 8.78 Å². The third-order valence-corrected chi connectivity index (χ3v) is 2.19. The van der Waals surface area contributed by atoms with E-state index in [4.69, 9.17) is 27.9 Å². The zero-order valence-corrected chi connectivity index (χ0v) is 8.94. The van der Waals surface area contributed by atoms with E-state index in [1.807, 2.05) is 0 Å². The first-order chi connectivity index (χ1) is 6.99. The van der Waals surface area contributed by atoms with E-state index in [0.717, 1.165) is 6.20 Å². The average molecular weight is 256 g/mol. The second kappa shape index (κ2) is 4.72. The van der Waals surface area contributed by atoms with Crippen LogP contribution in [0.1, 0.15) is 22.5 Å². The summed E-state index contributed by atoms with van der Waals surface area (Å²) < 4.78 is 29.5. The molecule has 0 aliphatic heterocycles. The number of carbonyl (C=O) groups is 1. The lowest BCUT2D eigenvalue weighted by atomic mass is 10.2. The van der Waals surface area contributed by atoms with Gasteiger partial charge in [-0.25, -0.2) is 13.8 Å². The number of hydrogen-bond acceptors (Lipinski definition) is 3. The zero-order valence-electron chi connectivity index (χ0n) is 7.43. The monoisotopic (exact) mass is 255 g/mol. The van der Waals surface area contributed by atoms with Crippen molar-refractivity contribution in [3.63, 3.8) is 0 Å². The normalized spacial score (nSPS) is 10.5. The minimum Gasteiger partial charge on any atom is -0.493 e. The molecule has 0 saturated carbocycles. The van der Waals surface area contributed by atoms with Crippen LogP contribution in [-0.4, -0.2) is 17.3 Å². The van der Waals surface area contributed by atoms with E-state index in [9.17, 15) is 13.6 Å². The molecule has 15 heavy (non-hydrogen) atoms. The number of halogens is 4. The third-order valence-electron chi connectivity index (χ3n) is 1.63. The summed E-state index contributed by atoms with van der Waals surface area (Å²) in [6, 6.07) is 0. The summed E-state index contributed by atoms with van der Waals surface area (Å²) in [5.41, 5.74) is -0.788. The number of aromatic nitrogens is 1. The molecule has 0 aliphatic rings. The van der Waals surface area contributed by atoms with Crippen molar-refractivity contribution in [3.05, 3.63) is 22.5 Å². The van der Waals surface area contributed by atoms with Crippen molar-refractivity contribution < 1.29 is 18.3 Å². The molecule has 1 heterocycles. The van der Waals surface area contributed by atoms with Gasteiger partial charge in [-0.15, -0.1) is 0 Å². The molecule has 0 atom stereocenters. The van der Waals surface area contributed by atoms with E-state index < -0.39 is 17.2 Å². The highest BCUT2D eigenvalue weighted by Gasteiger charge is 2.22. The largest absolute Gasteiger partial charge is 0.493 e. The van der Waals surface area contributed by atoms with Gasteiger partial charge in [0.15, 0.2) is 11.4 Å². The maximum absolute atomic E-state index is 12.4. The van der Waals surface area contributed by atoms with Gasteiger partial charge in [-0.3, -0.25) is 4.79 Å². The molecule has 0 spiro atoms. The Kier molecular flexibility index (Phi) is 3.82. The number of alkyl halides is 2. The lowest BCUT2D eigenvalue weighted by molar-refractivity contribution is 0.107. The lowest BCUT2D eigenvalue weighted by Crippen LogP contribution is -2.02. The van der Waals surface area contributed by atoms with Crippen LogP contribution in [0.3, 0.4) is 0 Å². The van der Waals surface area contributed by atoms with Crippen molar-refractivity contribution in [1.29, 1.82) is 0 Å². The smallest absolute Gasteiger partial charge is 0.274 e. The van der Waals surface area contributed by atoms with Gasteiger partial charge in [0.25, 0.3) is 11.7 Å². The lowest BCUT2D eigenvalue weighted by Gasteiger charge is -2.09. The van der Waals surface area contributed by atoms with E-state index in [-0.39, 0.29) is 16.5 Å². The maximum Gasteiger partial charge on any atom is 0.274 e. The Balaban J connectivity index is 3.39. The van der Waals surface area contributed by atoms with Crippen LogP contribution in [0, 0.1) is 0 Å². The van der Waals surface area contributed by atoms with E-state index in [0.29, 0.717) is 0 Å². The van der Waals surface area contributed by atoms with Crippen molar-refractivity contribution in [2.75, 3.05) is 7.11 Å². The van der Waals surface area contributed by atoms with Gasteiger partial charge in [-0.05, 0) is 11.6 Å². The molecule has 1 aromatic heterocycles. The Morgan fingerprint density at radius 2 is 2.20 bits per heavy atom. The number of nitrogens with zero attached hydrogens (tertiary/aromatic N) is 1. The molecule has 0 radical (unpaired) electrons. The van der Waals surface area contributed by atoms with Crippen LogP contribution in [0.15, 0.2) is 6.20 Å². The van der Waals surface area contributed by atoms with Crippen LogP contribution < -0.4 is 4.74 Å². The van der Waals surface area contributed by atoms with E-state index >= 15 is 0 Å². The van der Waals surface area contributed by atoms with Crippen molar-refractivity contribution in [2.24, 2.45) is 0 Å². The Bertz CT molecular complexity index is 398. The standard InChI is InChI=1S/C8H5Cl2F2NO2/c1-15-6-4(9)3(8(11)12)2-13-5(6)7(10)14/h2,8H,1H3. The summed E-state index contributed by atoms with van der Waals surface area (Å²) in [6.45, 7) is 0. The Labute approximate surface area is 94.0 Å². The fourth-order valence-electron chi connectivity index (χ4n) is 0.963. The average Bonchev–Trinajstić information content (AvgIpc) is 2.16. The highest BCUT2D eigenvalue weighted by Crippen LogP contribution is 2.35. The van der Waals surface area contributed by atoms with Gasteiger partial charge in [0, 0.05) is 6.20 Å². The summed E-state index contributed by atoms with van der Waals surface area (Å²) in [4.78, 5) is 14.3. The molecule has 1 aromatic rings. The zero-order chi connectivity index (χ0) is 11.6. The Morgan fingerprint density at radius 3 is 2.60 bits per heavy atom. The molecule has 0 N–H and O–H groups in total. The number of rotatable bonds is 3. The van der Waals surface area contributed by atoms with Crippen LogP contribution >= 0.6 is 23.2 Å². The van der Waals surface area contributed by atoms with Crippen LogP contribution in [-0.2, 0) is 0 Å². The predicted octanol–water partition coefficient (Wildman–Crippen LogP) is 3.06. The van der Waals surface area contributed by atoms with E-state index in [1.54, 1.807) is 0 Å². The Morgan fingerprint density at radius 1 is 1.60 bits per heavy atom. The van der Waals surface area contributed by atoms with Crippen LogP contribution in [0.2, 0.25) is 5.02 Å². The highest BCUT2D eigenvalue weighted by molar-refractivity contribution is 6.67. The molecule has 0 saturated heterocycles. The summed E-state index contributed by atoms with van der Waals surface area (Å²) >= 11 is 10.8. The maximum atomic E-state index is 12.4. The van der Waals surface area contributed by atoms with Gasteiger partial charge in [0.2, 0.25) is 0 Å². The van der Waals surface area contributed by atoms with E-state index in [1.165, 1.54) is 7.11 Å². The summed E-state index contributed by atoms with van der Waals surface area (Å²) in [6.07, 6.45) is -2.00. The van der Waals surface area contributed by atoms with Gasteiger partial charge in [-0.2, -0.15) is 0 Å². The number of carbonyl (C=O) groups excluding carboxylic acids is 1. The number of hydrogen-bond donors (Lipinski definition) is 0. The quantitative estimate of drug-likeness (QED) is 0.780. The van der Waals surface area contributed by atoms with Gasteiger partial charge in [0.05, 0.1) is 17.7 Å². The third kappa shape index (κ3) is 2.35. The molecule has 0 bridgehead atoms. The minimum atomic E-state index is -2.79. The molecule has 0 amide bonds. The SMILES string of the molecule is COc1c(C(=O)Cl)ncc(C(F)F)c1Cl. The van der Waals surface area contributed by atoms with E-state index in [2.05, 4.69) is 4.98 Å². The van der Waals surface area contributed by atoms with Crippen molar-refractivity contribution in [1.82, 2.24) is 4.98 Å². The van der Waals surface area contributed by atoms with Crippen molar-refractivity contribution >= 4 is 28.4 Å². The van der Waals surface area contributed by atoms with Gasteiger partial charge in [0.1, 0.15) is 0 Å². The molecule has 0 aromatic carbocycles. The number of methoxy groups -OCH3 is 1. The van der Waals surface area contributed by atoms with Crippen molar-refractivity contribution in [2.45, 2.75) is 6.43 Å². The second-order valence-corrected chi connectivity index (χ2v) is 3.21. The number of ether oxygens (including phenoxy) is 1. The van der Waals surface area contributed by atoms with Gasteiger partial charge in [-0.1, -0.05) is 11.6 Å². The second-order valence-electron chi connectivity index (χ2n) is 2.48. The molecular weight excluding hydrogens is 251 g/mol. The molecule has 0 unspecified atom stereocenters. The summed E-state index contributed by atoms with van der Waals surface area (Å²) in [7, 11) is 1.18. The van der Waals surface area contributed by atoms with Crippen LogP contribution in [0.5, 0.6) is 5.75 Å². The molecule has 82 valence electrons. The first kappa shape index (κ1) is 12.1. The molecule has 0 fully saturated rings. The van der Waals surface area contributed by atoms with Crippen LogP contribution in [0.25, 0.3) is 0 Å². The highest BCUT2D eigenvalue weighted by atomic mass is 35.5.